The number of fused-ring (bicyclic) bond motifs is 3. The first-order valence-electron chi connectivity index (χ1n) is 12.1. The largest absolute Gasteiger partial charge is 0.456 e. The Balaban J connectivity index is 1.14. The average molecular weight is 515 g/mol. The van der Waals surface area contributed by atoms with E-state index in [9.17, 15) is 0 Å². The number of hydrogen-bond acceptors (Lipinski definition) is 9. The van der Waals surface area contributed by atoms with Crippen LogP contribution in [-0.4, -0.2) is 55.3 Å². The fourth-order valence-electron chi connectivity index (χ4n) is 5.11. The van der Waals surface area contributed by atoms with Crippen molar-refractivity contribution in [2.24, 2.45) is 13.0 Å². The summed E-state index contributed by atoms with van der Waals surface area (Å²) in [6.07, 6.45) is 6.11. The van der Waals surface area contributed by atoms with Crippen molar-refractivity contribution in [2.75, 3.05) is 30.0 Å². The Morgan fingerprint density at radius 1 is 1.05 bits per heavy atom. The lowest BCUT2D eigenvalue weighted by Crippen LogP contribution is -2.34. The van der Waals surface area contributed by atoms with Crippen LogP contribution < -0.4 is 15.0 Å². The molecule has 186 valence electrons. The SMILES string of the molecule is Cn1cnc2cc(Oc3ccc(Nc4ncnc5cnc(N6CC[C@@H]7COC[C@H]76)nc45)cc3Cl)ccc21. The zero-order chi connectivity index (χ0) is 24.9. The Kier molecular flexibility index (Phi) is 5.29. The van der Waals surface area contributed by atoms with E-state index in [4.69, 9.17) is 26.1 Å². The minimum Gasteiger partial charge on any atom is -0.456 e. The number of imidazole rings is 1. The highest BCUT2D eigenvalue weighted by Gasteiger charge is 2.39. The lowest BCUT2D eigenvalue weighted by atomic mass is 10.1. The lowest BCUT2D eigenvalue weighted by Gasteiger charge is -2.22. The van der Waals surface area contributed by atoms with E-state index < -0.39 is 0 Å². The van der Waals surface area contributed by atoms with Gasteiger partial charge >= 0.3 is 0 Å². The Morgan fingerprint density at radius 2 is 2.00 bits per heavy atom. The van der Waals surface area contributed by atoms with Gasteiger partial charge in [-0.05, 0) is 36.8 Å². The third-order valence-corrected chi connectivity index (χ3v) is 7.34. The van der Waals surface area contributed by atoms with Crippen LogP contribution in [0, 0.1) is 5.92 Å². The van der Waals surface area contributed by atoms with Gasteiger partial charge in [-0.25, -0.2) is 24.9 Å². The number of aromatic nitrogens is 6. The molecule has 1 N–H and O–H groups in total. The Hall–Kier alpha value is -4.02. The number of anilines is 3. The topological polar surface area (TPSA) is 103 Å². The molecule has 0 radical (unpaired) electrons. The van der Waals surface area contributed by atoms with E-state index in [0.29, 0.717) is 57.9 Å². The van der Waals surface area contributed by atoms with Crippen molar-refractivity contribution in [1.29, 1.82) is 0 Å². The second kappa shape index (κ2) is 8.82. The van der Waals surface area contributed by atoms with Crippen molar-refractivity contribution in [2.45, 2.75) is 12.5 Å². The number of rotatable bonds is 5. The van der Waals surface area contributed by atoms with Crippen LogP contribution in [0.25, 0.3) is 22.1 Å². The van der Waals surface area contributed by atoms with Crippen molar-refractivity contribution < 1.29 is 9.47 Å². The molecule has 11 heteroatoms. The summed E-state index contributed by atoms with van der Waals surface area (Å²) in [6, 6.07) is 11.6. The molecule has 2 aliphatic heterocycles. The molecule has 2 aromatic carbocycles. The fraction of sp³-hybridized carbons (Fsp3) is 0.269. The summed E-state index contributed by atoms with van der Waals surface area (Å²) in [5.41, 5.74) is 3.95. The predicted octanol–water partition coefficient (Wildman–Crippen LogP) is 4.72. The van der Waals surface area contributed by atoms with Gasteiger partial charge in [0.25, 0.3) is 0 Å². The highest BCUT2D eigenvalue weighted by molar-refractivity contribution is 6.32. The molecule has 0 saturated carbocycles. The standard InChI is InChI=1S/C26H23ClN8O2/c1-34-14-31-19-9-17(3-4-21(19)34)37-23-5-2-16(8-18(23)27)32-25-24-20(29-13-30-25)10-28-26(33-24)35-7-6-15-11-36-12-22(15)35/h2-5,8-10,13-15,22H,6-7,11-12H2,1H3,(H,29,30,32)/t15-,22-/m1/s1. The average Bonchev–Trinajstić information content (AvgIpc) is 3.62. The maximum absolute atomic E-state index is 6.59. The zero-order valence-electron chi connectivity index (χ0n) is 20.0. The highest BCUT2D eigenvalue weighted by Crippen LogP contribution is 2.35. The van der Waals surface area contributed by atoms with Crippen LogP contribution >= 0.6 is 11.6 Å². The minimum atomic E-state index is 0.322. The molecule has 0 amide bonds. The molecule has 10 nitrogen and oxygen atoms in total. The van der Waals surface area contributed by atoms with Gasteiger partial charge in [-0.2, -0.15) is 0 Å². The third kappa shape index (κ3) is 3.98. The minimum absolute atomic E-state index is 0.322. The maximum Gasteiger partial charge on any atom is 0.226 e. The lowest BCUT2D eigenvalue weighted by molar-refractivity contribution is 0.179. The van der Waals surface area contributed by atoms with Crippen LogP contribution in [0.15, 0.2) is 55.2 Å². The van der Waals surface area contributed by atoms with E-state index >= 15 is 0 Å². The van der Waals surface area contributed by atoms with E-state index in [0.717, 1.165) is 36.3 Å². The van der Waals surface area contributed by atoms with Crippen LogP contribution in [-0.2, 0) is 11.8 Å². The number of halogens is 1. The molecular formula is C26H23ClN8O2. The van der Waals surface area contributed by atoms with Gasteiger partial charge in [-0.15, -0.1) is 0 Å². The number of ether oxygens (including phenoxy) is 2. The molecule has 7 rings (SSSR count). The van der Waals surface area contributed by atoms with Gasteiger partial charge in [-0.1, -0.05) is 11.6 Å². The fourth-order valence-corrected chi connectivity index (χ4v) is 5.32. The van der Waals surface area contributed by atoms with E-state index in [1.54, 1.807) is 18.6 Å². The van der Waals surface area contributed by atoms with Crippen LogP contribution in [0.4, 0.5) is 17.5 Å². The molecule has 5 heterocycles. The van der Waals surface area contributed by atoms with Crippen molar-refractivity contribution >= 4 is 51.1 Å². The summed E-state index contributed by atoms with van der Waals surface area (Å²) in [4.78, 5) is 24.8. The molecule has 2 fully saturated rings. The summed E-state index contributed by atoms with van der Waals surface area (Å²) >= 11 is 6.59. The van der Waals surface area contributed by atoms with E-state index in [2.05, 4.69) is 30.2 Å². The molecule has 2 aliphatic rings. The Bertz CT molecular complexity index is 1640. The second-order valence-electron chi connectivity index (χ2n) is 9.35. The molecule has 0 unspecified atom stereocenters. The molecule has 3 aromatic heterocycles. The van der Waals surface area contributed by atoms with E-state index in [-0.39, 0.29) is 0 Å². The number of nitrogens with one attached hydrogen (secondary N) is 1. The number of benzene rings is 2. The van der Waals surface area contributed by atoms with Gasteiger partial charge in [0.05, 0.1) is 47.8 Å². The van der Waals surface area contributed by atoms with Crippen molar-refractivity contribution in [3.63, 3.8) is 0 Å². The normalized spacial score (nSPS) is 19.0. The van der Waals surface area contributed by atoms with Crippen LogP contribution in [0.1, 0.15) is 6.42 Å². The predicted molar refractivity (Wildman–Crippen MR) is 141 cm³/mol. The molecular weight excluding hydrogens is 492 g/mol. The first kappa shape index (κ1) is 22.2. The monoisotopic (exact) mass is 514 g/mol. The number of nitrogens with zero attached hydrogens (tertiary/aromatic N) is 7. The first-order valence-corrected chi connectivity index (χ1v) is 12.5. The summed E-state index contributed by atoms with van der Waals surface area (Å²) in [7, 11) is 1.96. The maximum atomic E-state index is 6.59. The van der Waals surface area contributed by atoms with Crippen molar-refractivity contribution in [3.05, 3.63) is 60.3 Å². The van der Waals surface area contributed by atoms with Crippen LogP contribution in [0.2, 0.25) is 5.02 Å². The molecule has 0 spiro atoms. The van der Waals surface area contributed by atoms with Gasteiger partial charge in [-0.3, -0.25) is 0 Å². The van der Waals surface area contributed by atoms with Gasteiger partial charge in [0.1, 0.15) is 28.9 Å². The van der Waals surface area contributed by atoms with E-state index in [1.165, 1.54) is 6.33 Å². The molecule has 0 aliphatic carbocycles. The molecule has 2 saturated heterocycles. The van der Waals surface area contributed by atoms with Gasteiger partial charge in [0.2, 0.25) is 5.95 Å². The smallest absolute Gasteiger partial charge is 0.226 e. The zero-order valence-corrected chi connectivity index (χ0v) is 20.8. The summed E-state index contributed by atoms with van der Waals surface area (Å²) in [6.45, 7) is 2.44. The first-order chi connectivity index (χ1) is 18.1. The molecule has 0 bridgehead atoms. The summed E-state index contributed by atoms with van der Waals surface area (Å²) < 4.78 is 13.7. The Morgan fingerprint density at radius 3 is 2.92 bits per heavy atom. The van der Waals surface area contributed by atoms with Crippen LogP contribution in [0.3, 0.4) is 0 Å². The number of hydrogen-bond donors (Lipinski definition) is 1. The molecule has 37 heavy (non-hydrogen) atoms. The van der Waals surface area contributed by atoms with Crippen LogP contribution in [0.5, 0.6) is 11.5 Å². The number of aryl methyl sites for hydroxylation is 1. The highest BCUT2D eigenvalue weighted by atomic mass is 35.5. The summed E-state index contributed by atoms with van der Waals surface area (Å²) in [5, 5.41) is 3.79. The quantitative estimate of drug-likeness (QED) is 0.356. The van der Waals surface area contributed by atoms with Crippen molar-refractivity contribution in [1.82, 2.24) is 29.5 Å². The third-order valence-electron chi connectivity index (χ3n) is 7.05. The summed E-state index contributed by atoms with van der Waals surface area (Å²) in [5.74, 6) is 3.00. The van der Waals surface area contributed by atoms with Gasteiger partial charge < -0.3 is 24.3 Å². The molecule has 2 atom stereocenters. The second-order valence-corrected chi connectivity index (χ2v) is 9.76. The Labute approximate surface area is 217 Å². The van der Waals surface area contributed by atoms with Gasteiger partial charge in [0, 0.05) is 31.3 Å². The molecule has 5 aromatic rings. The van der Waals surface area contributed by atoms with E-state index in [1.807, 2.05) is 41.9 Å². The van der Waals surface area contributed by atoms with Crippen molar-refractivity contribution in [3.8, 4) is 11.5 Å². The van der Waals surface area contributed by atoms with Gasteiger partial charge in [0.15, 0.2) is 5.82 Å².